The van der Waals surface area contributed by atoms with Crippen molar-refractivity contribution in [2.45, 2.75) is 71.3 Å². The van der Waals surface area contributed by atoms with E-state index in [9.17, 15) is 5.11 Å². The van der Waals surface area contributed by atoms with Gasteiger partial charge >= 0.3 is 0 Å². The highest BCUT2D eigenvalue weighted by Crippen LogP contribution is 2.23. The molecular formula is C13H24O. The summed E-state index contributed by atoms with van der Waals surface area (Å²) in [7, 11) is 0. The first-order chi connectivity index (χ1) is 6.72. The molecule has 0 amide bonds. The average Bonchev–Trinajstić information content (AvgIpc) is 2.15. The van der Waals surface area contributed by atoms with Crippen molar-refractivity contribution in [3.05, 3.63) is 11.1 Å². The van der Waals surface area contributed by atoms with Crippen LogP contribution in [0.1, 0.15) is 65.2 Å². The Morgan fingerprint density at radius 3 is 2.21 bits per heavy atom. The predicted molar refractivity (Wildman–Crippen MR) is 61.3 cm³/mol. The molecular weight excluding hydrogens is 172 g/mol. The highest BCUT2D eigenvalue weighted by Gasteiger charge is 2.12. The van der Waals surface area contributed by atoms with E-state index >= 15 is 0 Å². The van der Waals surface area contributed by atoms with Gasteiger partial charge in [0.1, 0.15) is 0 Å². The summed E-state index contributed by atoms with van der Waals surface area (Å²) in [5.41, 5.74) is 2.64. The molecule has 1 nitrogen and oxygen atoms in total. The van der Waals surface area contributed by atoms with Gasteiger partial charge in [0.25, 0.3) is 0 Å². The Kier molecular flexibility index (Phi) is 5.24. The molecule has 1 N–H and O–H groups in total. The summed E-state index contributed by atoms with van der Waals surface area (Å²) >= 11 is 0. The minimum atomic E-state index is -0.155. The summed E-state index contributed by atoms with van der Waals surface area (Å²) in [6.07, 6.45) is 9.76. The molecule has 1 atom stereocenters. The van der Waals surface area contributed by atoms with Crippen LogP contribution in [0, 0.1) is 0 Å². The first kappa shape index (κ1) is 11.8. The third-order valence-corrected chi connectivity index (χ3v) is 3.22. The zero-order chi connectivity index (χ0) is 10.4. The molecule has 0 heterocycles. The standard InChI is InChI=1S/C13H24O/c1-11(2)12-9-7-5-3-4-6-8-10-13(12)14/h13-14H,3-10H2,1-2H3. The molecule has 0 aromatic carbocycles. The van der Waals surface area contributed by atoms with Gasteiger partial charge in [0.2, 0.25) is 0 Å². The molecule has 1 fully saturated rings. The van der Waals surface area contributed by atoms with E-state index in [0.717, 1.165) is 12.8 Å². The number of aliphatic hydroxyl groups excluding tert-OH is 1. The second-order valence-corrected chi connectivity index (χ2v) is 4.70. The Morgan fingerprint density at radius 1 is 1.00 bits per heavy atom. The molecule has 0 bridgehead atoms. The fourth-order valence-corrected chi connectivity index (χ4v) is 2.28. The largest absolute Gasteiger partial charge is 0.389 e. The zero-order valence-electron chi connectivity index (χ0n) is 9.68. The average molecular weight is 196 g/mol. The summed E-state index contributed by atoms with van der Waals surface area (Å²) in [5, 5.41) is 10.0. The molecule has 0 aliphatic heterocycles. The van der Waals surface area contributed by atoms with Gasteiger partial charge in [-0.15, -0.1) is 0 Å². The van der Waals surface area contributed by atoms with Crippen molar-refractivity contribution in [1.82, 2.24) is 0 Å². The van der Waals surface area contributed by atoms with Gasteiger partial charge in [-0.05, 0) is 38.7 Å². The Hall–Kier alpha value is -0.300. The van der Waals surface area contributed by atoms with Gasteiger partial charge in [0.05, 0.1) is 6.10 Å². The maximum atomic E-state index is 10.0. The maximum absolute atomic E-state index is 10.0. The van der Waals surface area contributed by atoms with Gasteiger partial charge in [-0.3, -0.25) is 0 Å². The molecule has 1 heteroatoms. The topological polar surface area (TPSA) is 20.2 Å². The molecule has 0 radical (unpaired) electrons. The van der Waals surface area contributed by atoms with Crippen molar-refractivity contribution in [3.8, 4) is 0 Å². The first-order valence-electron chi connectivity index (χ1n) is 6.06. The first-order valence-corrected chi connectivity index (χ1v) is 6.06. The number of rotatable bonds is 0. The molecule has 1 aliphatic rings. The zero-order valence-corrected chi connectivity index (χ0v) is 9.68. The van der Waals surface area contributed by atoms with Crippen LogP contribution in [0.2, 0.25) is 0 Å². The van der Waals surface area contributed by atoms with Crippen LogP contribution in [-0.2, 0) is 0 Å². The molecule has 0 aromatic rings. The van der Waals surface area contributed by atoms with Crippen LogP contribution in [0.5, 0.6) is 0 Å². The van der Waals surface area contributed by atoms with E-state index in [1.165, 1.54) is 49.7 Å². The maximum Gasteiger partial charge on any atom is 0.0752 e. The third kappa shape index (κ3) is 3.83. The molecule has 14 heavy (non-hydrogen) atoms. The van der Waals surface area contributed by atoms with E-state index in [1.54, 1.807) is 0 Å². The van der Waals surface area contributed by atoms with Crippen molar-refractivity contribution in [2.24, 2.45) is 0 Å². The lowest BCUT2D eigenvalue weighted by molar-refractivity contribution is 0.188. The molecule has 1 unspecified atom stereocenters. The summed E-state index contributed by atoms with van der Waals surface area (Å²) < 4.78 is 0. The van der Waals surface area contributed by atoms with E-state index in [0.29, 0.717) is 0 Å². The van der Waals surface area contributed by atoms with Crippen molar-refractivity contribution < 1.29 is 5.11 Å². The number of hydrogen-bond acceptors (Lipinski definition) is 1. The van der Waals surface area contributed by atoms with Crippen LogP contribution < -0.4 is 0 Å². The fraction of sp³-hybridized carbons (Fsp3) is 0.846. The van der Waals surface area contributed by atoms with Crippen LogP contribution in [0.15, 0.2) is 11.1 Å². The lowest BCUT2D eigenvalue weighted by atomic mass is 9.92. The molecule has 82 valence electrons. The van der Waals surface area contributed by atoms with E-state index in [2.05, 4.69) is 13.8 Å². The van der Waals surface area contributed by atoms with Crippen LogP contribution in [-0.4, -0.2) is 11.2 Å². The Morgan fingerprint density at radius 2 is 1.57 bits per heavy atom. The van der Waals surface area contributed by atoms with E-state index < -0.39 is 0 Å². The number of hydrogen-bond donors (Lipinski definition) is 1. The lowest BCUT2D eigenvalue weighted by Gasteiger charge is -2.18. The monoisotopic (exact) mass is 196 g/mol. The van der Waals surface area contributed by atoms with E-state index in [4.69, 9.17) is 0 Å². The van der Waals surface area contributed by atoms with Gasteiger partial charge in [-0.2, -0.15) is 0 Å². The lowest BCUT2D eigenvalue weighted by Crippen LogP contribution is -2.12. The number of aliphatic hydroxyl groups is 1. The van der Waals surface area contributed by atoms with Gasteiger partial charge in [0, 0.05) is 0 Å². The van der Waals surface area contributed by atoms with Crippen LogP contribution in [0.25, 0.3) is 0 Å². The highest BCUT2D eigenvalue weighted by atomic mass is 16.3. The van der Waals surface area contributed by atoms with Crippen molar-refractivity contribution in [2.75, 3.05) is 0 Å². The van der Waals surface area contributed by atoms with Gasteiger partial charge in [0.15, 0.2) is 0 Å². The van der Waals surface area contributed by atoms with Crippen LogP contribution in [0.3, 0.4) is 0 Å². The van der Waals surface area contributed by atoms with Gasteiger partial charge in [-0.1, -0.05) is 37.7 Å². The summed E-state index contributed by atoms with van der Waals surface area (Å²) in [6, 6.07) is 0. The summed E-state index contributed by atoms with van der Waals surface area (Å²) in [5.74, 6) is 0. The van der Waals surface area contributed by atoms with Crippen molar-refractivity contribution in [3.63, 3.8) is 0 Å². The van der Waals surface area contributed by atoms with Crippen LogP contribution in [0.4, 0.5) is 0 Å². The SMILES string of the molecule is CC(C)=C1CCCCCCCCC1O. The molecule has 0 aromatic heterocycles. The Balaban J connectivity index is 2.56. The third-order valence-electron chi connectivity index (χ3n) is 3.22. The van der Waals surface area contributed by atoms with Gasteiger partial charge < -0.3 is 5.11 Å². The second kappa shape index (κ2) is 6.23. The van der Waals surface area contributed by atoms with E-state index in [1.807, 2.05) is 0 Å². The molecule has 0 saturated heterocycles. The van der Waals surface area contributed by atoms with Gasteiger partial charge in [-0.25, -0.2) is 0 Å². The van der Waals surface area contributed by atoms with Crippen molar-refractivity contribution in [1.29, 1.82) is 0 Å². The Labute approximate surface area is 88.2 Å². The Bertz CT molecular complexity index is 189. The molecule has 1 saturated carbocycles. The molecule has 1 rings (SSSR count). The summed E-state index contributed by atoms with van der Waals surface area (Å²) in [6.45, 7) is 4.26. The smallest absolute Gasteiger partial charge is 0.0752 e. The molecule has 1 aliphatic carbocycles. The molecule has 0 spiro atoms. The fourth-order valence-electron chi connectivity index (χ4n) is 2.28. The summed E-state index contributed by atoms with van der Waals surface area (Å²) in [4.78, 5) is 0. The normalized spacial score (nSPS) is 25.9. The minimum Gasteiger partial charge on any atom is -0.389 e. The number of allylic oxidation sites excluding steroid dienone is 1. The van der Waals surface area contributed by atoms with Crippen LogP contribution >= 0.6 is 0 Å². The second-order valence-electron chi connectivity index (χ2n) is 4.70. The quantitative estimate of drug-likeness (QED) is 0.584. The minimum absolute atomic E-state index is 0.155. The highest BCUT2D eigenvalue weighted by molar-refractivity contribution is 5.14. The van der Waals surface area contributed by atoms with E-state index in [-0.39, 0.29) is 6.10 Å². The predicted octanol–water partition coefficient (Wildman–Crippen LogP) is 3.82. The van der Waals surface area contributed by atoms with Crippen molar-refractivity contribution >= 4 is 0 Å².